The van der Waals surface area contributed by atoms with Crippen LogP contribution in [0.15, 0.2) is 23.1 Å². The van der Waals surface area contributed by atoms with Crippen molar-refractivity contribution in [3.8, 4) is 0 Å². The quantitative estimate of drug-likeness (QED) is 0.838. The van der Waals surface area contributed by atoms with Gasteiger partial charge < -0.3 is 10.5 Å². The molecule has 1 aliphatic carbocycles. The minimum Gasteiger partial charge on any atom is -0.398 e. The lowest BCUT2D eigenvalue weighted by atomic mass is 9.80. The topological polar surface area (TPSA) is 52.3 Å². The standard InChI is InChI=1S/C16H22ClNO2S/c17-12-4-5-14(18)15(10-12)21(19)13-6-9-20-16(11-13)7-2-1-3-8-16/h4-5,10,13H,1-3,6-9,11,18H2. The maximum absolute atomic E-state index is 12.9. The Morgan fingerprint density at radius 2 is 2.05 bits per heavy atom. The van der Waals surface area contributed by atoms with Crippen LogP contribution in [-0.2, 0) is 15.5 Å². The Labute approximate surface area is 133 Å². The van der Waals surface area contributed by atoms with Crippen molar-refractivity contribution in [3.05, 3.63) is 23.2 Å². The molecule has 1 aliphatic heterocycles. The molecule has 116 valence electrons. The molecule has 0 bridgehead atoms. The summed E-state index contributed by atoms with van der Waals surface area (Å²) < 4.78 is 19.0. The fourth-order valence-electron chi connectivity index (χ4n) is 3.57. The first-order chi connectivity index (χ1) is 10.1. The molecule has 0 aromatic heterocycles. The molecule has 0 amide bonds. The zero-order chi connectivity index (χ0) is 14.9. The first-order valence-electron chi connectivity index (χ1n) is 7.69. The highest BCUT2D eigenvalue weighted by atomic mass is 35.5. The van der Waals surface area contributed by atoms with E-state index in [1.807, 2.05) is 0 Å². The fraction of sp³-hybridized carbons (Fsp3) is 0.625. The van der Waals surface area contributed by atoms with Crippen molar-refractivity contribution in [2.75, 3.05) is 12.3 Å². The van der Waals surface area contributed by atoms with Crippen molar-refractivity contribution in [1.29, 1.82) is 0 Å². The number of hydrogen-bond donors (Lipinski definition) is 1. The fourth-order valence-corrected chi connectivity index (χ4v) is 5.48. The number of nitrogen functional groups attached to an aromatic ring is 1. The van der Waals surface area contributed by atoms with Gasteiger partial charge in [0.25, 0.3) is 0 Å². The predicted molar refractivity (Wildman–Crippen MR) is 87.1 cm³/mol. The highest BCUT2D eigenvalue weighted by Crippen LogP contribution is 2.41. The van der Waals surface area contributed by atoms with Crippen LogP contribution in [0.3, 0.4) is 0 Å². The molecule has 3 rings (SSSR count). The summed E-state index contributed by atoms with van der Waals surface area (Å²) >= 11 is 6.03. The van der Waals surface area contributed by atoms with Crippen LogP contribution in [0.1, 0.15) is 44.9 Å². The molecule has 2 N–H and O–H groups in total. The van der Waals surface area contributed by atoms with Gasteiger partial charge in [-0.15, -0.1) is 0 Å². The maximum Gasteiger partial charge on any atom is 0.0694 e. The van der Waals surface area contributed by atoms with E-state index in [0.29, 0.717) is 22.2 Å². The first-order valence-corrected chi connectivity index (χ1v) is 9.28. The molecule has 2 unspecified atom stereocenters. The summed E-state index contributed by atoms with van der Waals surface area (Å²) in [6.45, 7) is 0.705. The average molecular weight is 328 g/mol. The molecule has 1 spiro atoms. The molecule has 2 atom stereocenters. The monoisotopic (exact) mass is 327 g/mol. The van der Waals surface area contributed by atoms with E-state index in [-0.39, 0.29) is 10.9 Å². The number of anilines is 1. The van der Waals surface area contributed by atoms with Crippen molar-refractivity contribution >= 4 is 28.1 Å². The lowest BCUT2D eigenvalue weighted by Crippen LogP contribution is -2.44. The van der Waals surface area contributed by atoms with Crippen LogP contribution in [0.2, 0.25) is 5.02 Å². The van der Waals surface area contributed by atoms with E-state index in [4.69, 9.17) is 22.1 Å². The van der Waals surface area contributed by atoms with E-state index in [1.54, 1.807) is 18.2 Å². The molecular weight excluding hydrogens is 306 g/mol. The van der Waals surface area contributed by atoms with Gasteiger partial charge in [-0.1, -0.05) is 30.9 Å². The van der Waals surface area contributed by atoms with Crippen LogP contribution < -0.4 is 5.73 Å². The summed E-state index contributed by atoms with van der Waals surface area (Å²) in [5.74, 6) is 0. The molecular formula is C16H22ClNO2S. The summed E-state index contributed by atoms with van der Waals surface area (Å²) in [5.41, 5.74) is 6.52. The van der Waals surface area contributed by atoms with E-state index >= 15 is 0 Å². The van der Waals surface area contributed by atoms with Gasteiger partial charge in [-0.25, -0.2) is 0 Å². The number of halogens is 1. The lowest BCUT2D eigenvalue weighted by Gasteiger charge is -2.43. The summed E-state index contributed by atoms with van der Waals surface area (Å²) in [6.07, 6.45) is 7.65. The second-order valence-corrected chi connectivity index (χ2v) is 8.32. The van der Waals surface area contributed by atoms with Crippen LogP contribution in [0.25, 0.3) is 0 Å². The molecule has 3 nitrogen and oxygen atoms in total. The van der Waals surface area contributed by atoms with Crippen molar-refractivity contribution < 1.29 is 8.95 Å². The Hall–Kier alpha value is -0.580. The van der Waals surface area contributed by atoms with Crippen LogP contribution in [0.5, 0.6) is 0 Å². The molecule has 1 heterocycles. The first kappa shape index (κ1) is 15.3. The largest absolute Gasteiger partial charge is 0.398 e. The molecule has 5 heteroatoms. The number of ether oxygens (including phenoxy) is 1. The second kappa shape index (κ2) is 6.27. The highest BCUT2D eigenvalue weighted by molar-refractivity contribution is 7.85. The summed E-state index contributed by atoms with van der Waals surface area (Å²) in [4.78, 5) is 0.681. The predicted octanol–water partition coefficient (Wildman–Crippen LogP) is 3.91. The zero-order valence-electron chi connectivity index (χ0n) is 12.1. The molecule has 1 saturated heterocycles. The van der Waals surface area contributed by atoms with E-state index in [1.165, 1.54) is 19.3 Å². The van der Waals surface area contributed by atoms with Gasteiger partial charge in [-0.3, -0.25) is 4.21 Å². The third-order valence-corrected chi connectivity index (χ3v) is 6.74. The van der Waals surface area contributed by atoms with Gasteiger partial charge in [0, 0.05) is 22.6 Å². The van der Waals surface area contributed by atoms with E-state index in [2.05, 4.69) is 0 Å². The molecule has 21 heavy (non-hydrogen) atoms. The summed E-state index contributed by atoms with van der Waals surface area (Å²) in [7, 11) is -1.11. The molecule has 2 aliphatic rings. The van der Waals surface area contributed by atoms with Gasteiger partial charge in [0.2, 0.25) is 0 Å². The number of benzene rings is 1. The zero-order valence-corrected chi connectivity index (χ0v) is 13.7. The number of hydrogen-bond acceptors (Lipinski definition) is 3. The minimum absolute atomic E-state index is 0.0375. The van der Waals surface area contributed by atoms with Gasteiger partial charge in [0.15, 0.2) is 0 Å². The molecule has 0 radical (unpaired) electrons. The van der Waals surface area contributed by atoms with Crippen LogP contribution >= 0.6 is 11.6 Å². The number of nitrogens with two attached hydrogens (primary N) is 1. The van der Waals surface area contributed by atoms with Crippen LogP contribution in [-0.4, -0.2) is 21.7 Å². The van der Waals surface area contributed by atoms with Crippen molar-refractivity contribution in [2.45, 2.75) is 60.7 Å². The van der Waals surface area contributed by atoms with Crippen molar-refractivity contribution in [2.24, 2.45) is 0 Å². The lowest BCUT2D eigenvalue weighted by molar-refractivity contribution is -0.0975. The smallest absolute Gasteiger partial charge is 0.0694 e. The van der Waals surface area contributed by atoms with Gasteiger partial charge >= 0.3 is 0 Å². The number of rotatable bonds is 2. The van der Waals surface area contributed by atoms with Crippen molar-refractivity contribution in [3.63, 3.8) is 0 Å². The second-order valence-electron chi connectivity index (χ2n) is 6.19. The van der Waals surface area contributed by atoms with Gasteiger partial charge in [-0.2, -0.15) is 0 Å². The Morgan fingerprint density at radius 1 is 1.29 bits per heavy atom. The van der Waals surface area contributed by atoms with Crippen LogP contribution in [0.4, 0.5) is 5.69 Å². The van der Waals surface area contributed by atoms with Gasteiger partial charge in [-0.05, 0) is 43.9 Å². The Bertz CT molecular complexity index is 538. The Kier molecular flexibility index (Phi) is 4.57. The summed E-state index contributed by atoms with van der Waals surface area (Å²) in [5, 5.41) is 0.713. The highest BCUT2D eigenvalue weighted by Gasteiger charge is 2.40. The third kappa shape index (κ3) is 3.27. The van der Waals surface area contributed by atoms with E-state index in [0.717, 1.165) is 25.7 Å². The van der Waals surface area contributed by atoms with Gasteiger partial charge in [0.05, 0.1) is 21.3 Å². The third-order valence-electron chi connectivity index (χ3n) is 4.71. The maximum atomic E-state index is 12.9. The molecule has 2 fully saturated rings. The SMILES string of the molecule is Nc1ccc(Cl)cc1S(=O)C1CCOC2(CCCCC2)C1. The van der Waals surface area contributed by atoms with Gasteiger partial charge in [0.1, 0.15) is 0 Å². The van der Waals surface area contributed by atoms with E-state index < -0.39 is 10.8 Å². The Morgan fingerprint density at radius 3 is 2.81 bits per heavy atom. The molecule has 1 aromatic carbocycles. The normalized spacial score (nSPS) is 26.6. The molecule has 1 aromatic rings. The molecule has 1 saturated carbocycles. The van der Waals surface area contributed by atoms with Crippen LogP contribution in [0, 0.1) is 0 Å². The van der Waals surface area contributed by atoms with Crippen molar-refractivity contribution in [1.82, 2.24) is 0 Å². The van der Waals surface area contributed by atoms with E-state index in [9.17, 15) is 4.21 Å². The average Bonchev–Trinajstić information content (AvgIpc) is 2.50. The Balaban J connectivity index is 1.79. The summed E-state index contributed by atoms with van der Waals surface area (Å²) in [6, 6.07) is 5.23. The minimum atomic E-state index is -1.11.